The van der Waals surface area contributed by atoms with Crippen LogP contribution in [0.15, 0.2) is 84.3 Å². The van der Waals surface area contributed by atoms with Gasteiger partial charge in [0.05, 0.1) is 17.9 Å². The lowest BCUT2D eigenvalue weighted by Gasteiger charge is -2.14. The monoisotopic (exact) mass is 563 g/mol. The highest BCUT2D eigenvalue weighted by molar-refractivity contribution is 5.96. The van der Waals surface area contributed by atoms with E-state index in [1.54, 1.807) is 46.3 Å². The van der Waals surface area contributed by atoms with Crippen molar-refractivity contribution in [2.75, 3.05) is 0 Å². The smallest absolute Gasteiger partial charge is 0.219 e. The van der Waals surface area contributed by atoms with E-state index in [0.717, 1.165) is 22.0 Å². The van der Waals surface area contributed by atoms with Crippen LogP contribution in [0.25, 0.3) is 33.2 Å². The third-order valence-corrected chi connectivity index (χ3v) is 6.92. The van der Waals surface area contributed by atoms with Crippen molar-refractivity contribution in [2.24, 2.45) is 7.05 Å². The number of H-pyrrole nitrogens is 1. The van der Waals surface area contributed by atoms with Gasteiger partial charge in [0.15, 0.2) is 11.5 Å². The van der Waals surface area contributed by atoms with Gasteiger partial charge in [0.2, 0.25) is 11.3 Å². The van der Waals surface area contributed by atoms with Gasteiger partial charge >= 0.3 is 0 Å². The molecule has 11 heteroatoms. The lowest BCUT2D eigenvalue weighted by Crippen LogP contribution is -2.25. The standard InChI is InChI=1S/C31H26FN7O3/c1-18(2)39-17-25(20-5-7-23(32)8-6-20)31(41)30(37-39)27(40)10-19-4-9-29(33-13-19)42-28-11-21-16-36-38(3)26(21)12-24(28)22-14-34-35-15-22/h4-9,11-18H,10H2,1-3H3,(H,34,35). The Morgan fingerprint density at radius 1 is 1.02 bits per heavy atom. The Labute approximate surface area is 239 Å². The zero-order valence-electron chi connectivity index (χ0n) is 23.1. The van der Waals surface area contributed by atoms with Gasteiger partial charge in [-0.05, 0) is 49.2 Å². The Morgan fingerprint density at radius 3 is 2.52 bits per heavy atom. The first-order chi connectivity index (χ1) is 20.3. The number of fused-ring (bicyclic) bond motifs is 1. The fraction of sp³-hybridized carbons (Fsp3) is 0.161. The van der Waals surface area contributed by atoms with Gasteiger partial charge in [0, 0.05) is 66.2 Å². The quantitative estimate of drug-likeness (QED) is 0.242. The second kappa shape index (κ2) is 10.8. The highest BCUT2D eigenvalue weighted by Gasteiger charge is 2.20. The number of aromatic amines is 1. The molecule has 1 N–H and O–H groups in total. The van der Waals surface area contributed by atoms with Crippen molar-refractivity contribution in [3.63, 3.8) is 0 Å². The number of ketones is 1. The van der Waals surface area contributed by atoms with Crippen LogP contribution in [0.1, 0.15) is 35.9 Å². The van der Waals surface area contributed by atoms with Crippen LogP contribution < -0.4 is 10.2 Å². The number of pyridine rings is 1. The van der Waals surface area contributed by atoms with E-state index >= 15 is 0 Å². The lowest BCUT2D eigenvalue weighted by atomic mass is 10.0. The van der Waals surface area contributed by atoms with E-state index in [2.05, 4.69) is 25.4 Å². The van der Waals surface area contributed by atoms with Crippen LogP contribution in [0.4, 0.5) is 4.39 Å². The minimum absolute atomic E-state index is 0.0810. The number of benzene rings is 2. The summed E-state index contributed by atoms with van der Waals surface area (Å²) in [6, 6.07) is 12.7. The largest absolute Gasteiger partial charge is 0.438 e. The van der Waals surface area contributed by atoms with Crippen molar-refractivity contribution in [3.8, 4) is 33.9 Å². The predicted molar refractivity (Wildman–Crippen MR) is 155 cm³/mol. The maximum Gasteiger partial charge on any atom is 0.219 e. The normalized spacial score (nSPS) is 11.4. The van der Waals surface area contributed by atoms with Gasteiger partial charge in [-0.1, -0.05) is 18.2 Å². The molecule has 4 aromatic heterocycles. The zero-order valence-corrected chi connectivity index (χ0v) is 23.1. The molecule has 6 rings (SSSR count). The molecule has 4 heterocycles. The third kappa shape index (κ3) is 5.19. The Kier molecular flexibility index (Phi) is 6.91. The molecule has 0 bridgehead atoms. The first-order valence-corrected chi connectivity index (χ1v) is 13.3. The molecule has 0 unspecified atom stereocenters. The molecule has 2 aromatic carbocycles. The first-order valence-electron chi connectivity index (χ1n) is 13.3. The Balaban J connectivity index is 1.26. The summed E-state index contributed by atoms with van der Waals surface area (Å²) >= 11 is 0. The topological polar surface area (TPSA) is 121 Å². The van der Waals surface area contributed by atoms with Crippen LogP contribution in [-0.2, 0) is 13.5 Å². The van der Waals surface area contributed by atoms with Crippen LogP contribution in [-0.4, -0.2) is 40.5 Å². The molecule has 10 nitrogen and oxygen atoms in total. The molecule has 0 radical (unpaired) electrons. The number of nitrogens with one attached hydrogen (secondary N) is 1. The van der Waals surface area contributed by atoms with Crippen LogP contribution >= 0.6 is 0 Å². The highest BCUT2D eigenvalue weighted by Crippen LogP contribution is 2.36. The fourth-order valence-corrected chi connectivity index (χ4v) is 4.63. The second-order valence-corrected chi connectivity index (χ2v) is 10.2. The van der Waals surface area contributed by atoms with E-state index in [-0.39, 0.29) is 23.7 Å². The molecule has 6 aromatic rings. The number of nitrogens with zero attached hydrogens (tertiary/aromatic N) is 6. The minimum Gasteiger partial charge on any atom is -0.438 e. The van der Waals surface area contributed by atoms with Crippen LogP contribution in [0.5, 0.6) is 11.6 Å². The fourth-order valence-electron chi connectivity index (χ4n) is 4.63. The number of aryl methyl sites for hydroxylation is 1. The second-order valence-electron chi connectivity index (χ2n) is 10.2. The molecule has 0 fully saturated rings. The maximum absolute atomic E-state index is 13.5. The van der Waals surface area contributed by atoms with E-state index in [0.29, 0.717) is 22.8 Å². The lowest BCUT2D eigenvalue weighted by molar-refractivity contribution is 0.0984. The van der Waals surface area contributed by atoms with E-state index in [1.165, 1.54) is 30.5 Å². The number of ether oxygens (including phenoxy) is 1. The maximum atomic E-state index is 13.5. The molecule has 0 spiro atoms. The molecule has 0 saturated carbocycles. The summed E-state index contributed by atoms with van der Waals surface area (Å²) in [5.41, 5.74) is 3.29. The van der Waals surface area contributed by atoms with Gasteiger partial charge in [0.25, 0.3) is 0 Å². The van der Waals surface area contributed by atoms with Crippen molar-refractivity contribution in [1.82, 2.24) is 34.7 Å². The van der Waals surface area contributed by atoms with E-state index in [4.69, 9.17) is 4.74 Å². The van der Waals surface area contributed by atoms with Crippen molar-refractivity contribution >= 4 is 16.7 Å². The molecule has 0 aliphatic carbocycles. The Morgan fingerprint density at radius 2 is 1.83 bits per heavy atom. The number of carbonyl (C=O) groups excluding carboxylic acids is 1. The first kappa shape index (κ1) is 26.8. The minimum atomic E-state index is -0.506. The summed E-state index contributed by atoms with van der Waals surface area (Å²) in [5, 5.41) is 16.4. The molecular formula is C31H26FN7O3. The zero-order chi connectivity index (χ0) is 29.4. The van der Waals surface area contributed by atoms with Crippen LogP contribution in [0.2, 0.25) is 0 Å². The summed E-state index contributed by atoms with van der Waals surface area (Å²) in [6.45, 7) is 3.79. The number of aromatic nitrogens is 7. The predicted octanol–water partition coefficient (Wildman–Crippen LogP) is 5.52. The average Bonchev–Trinajstić information content (AvgIpc) is 3.64. The molecule has 0 atom stereocenters. The molecule has 0 amide bonds. The Bertz CT molecular complexity index is 1960. The van der Waals surface area contributed by atoms with Crippen molar-refractivity contribution in [1.29, 1.82) is 0 Å². The van der Waals surface area contributed by atoms with Crippen molar-refractivity contribution in [2.45, 2.75) is 26.3 Å². The third-order valence-electron chi connectivity index (χ3n) is 6.92. The average molecular weight is 564 g/mol. The van der Waals surface area contributed by atoms with Gasteiger partial charge in [-0.3, -0.25) is 24.1 Å². The highest BCUT2D eigenvalue weighted by atomic mass is 19.1. The van der Waals surface area contributed by atoms with E-state index in [1.807, 2.05) is 33.0 Å². The molecule has 0 aliphatic heterocycles. The van der Waals surface area contributed by atoms with Gasteiger partial charge < -0.3 is 4.74 Å². The molecule has 210 valence electrons. The number of hydrogen-bond donors (Lipinski definition) is 1. The van der Waals surface area contributed by atoms with Crippen molar-refractivity contribution < 1.29 is 13.9 Å². The number of Topliss-reactive ketones (excluding diaryl/α,β-unsaturated/α-hetero) is 1. The number of hydrogen-bond acceptors (Lipinski definition) is 7. The van der Waals surface area contributed by atoms with Gasteiger partial charge in [0.1, 0.15) is 11.6 Å². The van der Waals surface area contributed by atoms with Crippen LogP contribution in [0, 0.1) is 5.82 Å². The summed E-state index contributed by atoms with van der Waals surface area (Å²) in [6.07, 6.45) is 8.29. The molecule has 0 saturated heterocycles. The van der Waals surface area contributed by atoms with Gasteiger partial charge in [-0.2, -0.15) is 15.3 Å². The molecule has 42 heavy (non-hydrogen) atoms. The number of rotatable bonds is 8. The summed E-state index contributed by atoms with van der Waals surface area (Å²) < 4.78 is 23.0. The van der Waals surface area contributed by atoms with Gasteiger partial charge in [-0.15, -0.1) is 0 Å². The van der Waals surface area contributed by atoms with Gasteiger partial charge in [-0.25, -0.2) is 9.37 Å². The number of carbonyl (C=O) groups is 1. The summed E-state index contributed by atoms with van der Waals surface area (Å²) in [4.78, 5) is 31.0. The molecule has 0 aliphatic rings. The summed E-state index contributed by atoms with van der Waals surface area (Å²) in [5.74, 6) is 0.0451. The summed E-state index contributed by atoms with van der Waals surface area (Å²) in [7, 11) is 1.87. The van der Waals surface area contributed by atoms with Crippen LogP contribution in [0.3, 0.4) is 0 Å². The SMILES string of the molecule is CC(C)n1cc(-c2ccc(F)cc2)c(=O)c(C(=O)Cc2ccc(Oc3cc4cnn(C)c4cc3-c3cn[nH]c3)nc2)n1. The molecular weight excluding hydrogens is 537 g/mol. The van der Waals surface area contributed by atoms with E-state index < -0.39 is 17.0 Å². The number of halogens is 1. The van der Waals surface area contributed by atoms with Crippen molar-refractivity contribution in [3.05, 3.63) is 107 Å². The Hall–Kier alpha value is -5.45. The van der Waals surface area contributed by atoms with E-state index in [9.17, 15) is 14.0 Å².